The zero-order valence-electron chi connectivity index (χ0n) is 18.1. The van der Waals surface area contributed by atoms with E-state index in [0.29, 0.717) is 38.8 Å². The molecule has 32 heavy (non-hydrogen) atoms. The first-order chi connectivity index (χ1) is 15.1. The van der Waals surface area contributed by atoms with Gasteiger partial charge < -0.3 is 15.0 Å². The monoisotopic (exact) mass is 518 g/mol. The van der Waals surface area contributed by atoms with Crippen LogP contribution in [0.4, 0.5) is 0 Å². The molecule has 2 rings (SSSR count). The maximum Gasteiger partial charge on any atom is 0.261 e. The lowest BCUT2D eigenvalue weighted by Crippen LogP contribution is -2.50. The van der Waals surface area contributed by atoms with Crippen molar-refractivity contribution in [1.82, 2.24) is 10.2 Å². The van der Waals surface area contributed by atoms with Gasteiger partial charge in [-0.05, 0) is 48.2 Å². The lowest BCUT2D eigenvalue weighted by molar-refractivity contribution is -0.143. The van der Waals surface area contributed by atoms with Crippen molar-refractivity contribution in [1.29, 1.82) is 0 Å². The summed E-state index contributed by atoms with van der Waals surface area (Å²) in [5.74, 6) is 0.0232. The average Bonchev–Trinajstić information content (AvgIpc) is 2.73. The second kappa shape index (κ2) is 12.5. The van der Waals surface area contributed by atoms with Crippen LogP contribution in [0.3, 0.4) is 0 Å². The van der Waals surface area contributed by atoms with Gasteiger partial charge in [0, 0.05) is 18.1 Å². The maximum atomic E-state index is 13.2. The summed E-state index contributed by atoms with van der Waals surface area (Å²) in [6.45, 7) is 6.25. The summed E-state index contributed by atoms with van der Waals surface area (Å²) < 4.78 is 5.63. The number of hydrogen-bond acceptors (Lipinski definition) is 3. The Morgan fingerprint density at radius 2 is 1.72 bits per heavy atom. The topological polar surface area (TPSA) is 58.6 Å². The molecule has 2 amide bonds. The summed E-state index contributed by atoms with van der Waals surface area (Å²) in [7, 11) is 0. The summed E-state index contributed by atoms with van der Waals surface area (Å²) in [6.07, 6.45) is 0.429. The SMILES string of the molecule is CC[C@@H](C(=O)NCC(C)C)N(Cc1ccc(Cl)c(Cl)c1)C(=O)COc1ccc(Cl)cc1Cl. The van der Waals surface area contributed by atoms with Gasteiger partial charge in [0.2, 0.25) is 5.91 Å². The Morgan fingerprint density at radius 3 is 2.31 bits per heavy atom. The molecule has 0 unspecified atom stereocenters. The van der Waals surface area contributed by atoms with Crippen LogP contribution in [0, 0.1) is 5.92 Å². The largest absolute Gasteiger partial charge is 0.482 e. The van der Waals surface area contributed by atoms with Crippen molar-refractivity contribution < 1.29 is 14.3 Å². The second-order valence-electron chi connectivity index (χ2n) is 7.70. The number of rotatable bonds is 10. The van der Waals surface area contributed by atoms with Crippen LogP contribution in [0.25, 0.3) is 0 Å². The molecule has 0 aliphatic rings. The number of carbonyl (C=O) groups excluding carboxylic acids is 2. The van der Waals surface area contributed by atoms with E-state index in [9.17, 15) is 9.59 Å². The zero-order valence-corrected chi connectivity index (χ0v) is 21.2. The summed E-state index contributed by atoms with van der Waals surface area (Å²) in [5.41, 5.74) is 0.743. The third-order valence-electron chi connectivity index (χ3n) is 4.65. The fraction of sp³-hybridized carbons (Fsp3) is 0.391. The molecule has 0 bridgehead atoms. The zero-order chi connectivity index (χ0) is 23.8. The van der Waals surface area contributed by atoms with Crippen molar-refractivity contribution in [2.45, 2.75) is 39.8 Å². The minimum Gasteiger partial charge on any atom is -0.482 e. The Hall–Kier alpha value is -1.66. The fourth-order valence-corrected chi connectivity index (χ4v) is 3.78. The van der Waals surface area contributed by atoms with Crippen LogP contribution in [-0.4, -0.2) is 35.9 Å². The van der Waals surface area contributed by atoms with Crippen molar-refractivity contribution in [3.8, 4) is 5.75 Å². The van der Waals surface area contributed by atoms with Gasteiger partial charge in [0.25, 0.3) is 5.91 Å². The molecule has 0 aliphatic heterocycles. The van der Waals surface area contributed by atoms with Gasteiger partial charge in [-0.15, -0.1) is 0 Å². The Balaban J connectivity index is 2.24. The highest BCUT2D eigenvalue weighted by atomic mass is 35.5. The van der Waals surface area contributed by atoms with Crippen LogP contribution in [0.5, 0.6) is 5.75 Å². The minimum atomic E-state index is -0.681. The minimum absolute atomic E-state index is 0.168. The van der Waals surface area contributed by atoms with Gasteiger partial charge >= 0.3 is 0 Å². The number of carbonyl (C=O) groups is 2. The van der Waals surface area contributed by atoms with E-state index in [1.807, 2.05) is 20.8 Å². The molecule has 1 atom stereocenters. The predicted molar refractivity (Wildman–Crippen MR) is 131 cm³/mol. The molecule has 0 radical (unpaired) electrons. The van der Waals surface area contributed by atoms with Crippen LogP contribution in [-0.2, 0) is 16.1 Å². The summed E-state index contributed by atoms with van der Waals surface area (Å²) >= 11 is 24.2. The van der Waals surface area contributed by atoms with E-state index < -0.39 is 6.04 Å². The molecular weight excluding hydrogens is 494 g/mol. The molecule has 0 fully saturated rings. The van der Waals surface area contributed by atoms with Crippen LogP contribution in [0.1, 0.15) is 32.8 Å². The van der Waals surface area contributed by atoms with Gasteiger partial charge in [0.1, 0.15) is 11.8 Å². The van der Waals surface area contributed by atoms with Crippen molar-refractivity contribution in [3.63, 3.8) is 0 Å². The number of halogens is 4. The van der Waals surface area contributed by atoms with E-state index in [4.69, 9.17) is 51.1 Å². The van der Waals surface area contributed by atoms with Crippen molar-refractivity contribution >= 4 is 58.2 Å². The molecule has 0 saturated carbocycles. The average molecular weight is 520 g/mol. The van der Waals surface area contributed by atoms with Crippen LogP contribution < -0.4 is 10.1 Å². The normalized spacial score (nSPS) is 11.9. The molecule has 0 aromatic heterocycles. The van der Waals surface area contributed by atoms with E-state index >= 15 is 0 Å². The third-order valence-corrected chi connectivity index (χ3v) is 5.92. The summed E-state index contributed by atoms with van der Waals surface area (Å²) in [4.78, 5) is 27.5. The van der Waals surface area contributed by atoms with Crippen molar-refractivity contribution in [2.24, 2.45) is 5.92 Å². The van der Waals surface area contributed by atoms with E-state index in [-0.39, 0.29) is 30.9 Å². The fourth-order valence-electron chi connectivity index (χ4n) is 2.99. The molecule has 2 aromatic rings. The molecular formula is C23H26Cl4N2O3. The molecule has 9 heteroatoms. The summed E-state index contributed by atoms with van der Waals surface area (Å²) in [5, 5.41) is 4.45. The van der Waals surface area contributed by atoms with Gasteiger partial charge in [0.15, 0.2) is 6.61 Å². The number of benzene rings is 2. The van der Waals surface area contributed by atoms with Gasteiger partial charge in [-0.3, -0.25) is 9.59 Å². The van der Waals surface area contributed by atoms with E-state index in [0.717, 1.165) is 5.56 Å². The van der Waals surface area contributed by atoms with E-state index in [1.165, 1.54) is 11.0 Å². The Bertz CT molecular complexity index is 953. The molecule has 0 aliphatic carbocycles. The third kappa shape index (κ3) is 7.73. The van der Waals surface area contributed by atoms with Gasteiger partial charge in [-0.2, -0.15) is 0 Å². The van der Waals surface area contributed by atoms with Gasteiger partial charge in [-0.1, -0.05) is 73.2 Å². The van der Waals surface area contributed by atoms with Crippen molar-refractivity contribution in [2.75, 3.05) is 13.2 Å². The standard InChI is InChI=1S/C23H26Cl4N2O3/c1-4-20(23(31)28-11-14(2)3)29(12-15-5-7-17(25)18(26)9-15)22(30)13-32-21-8-6-16(24)10-19(21)27/h5-10,14,20H,4,11-13H2,1-3H3,(H,28,31)/t20-/m0/s1. The molecule has 0 saturated heterocycles. The number of nitrogens with one attached hydrogen (secondary N) is 1. The summed E-state index contributed by atoms with van der Waals surface area (Å²) in [6, 6.07) is 9.17. The van der Waals surface area contributed by atoms with E-state index in [1.54, 1.807) is 30.3 Å². The smallest absolute Gasteiger partial charge is 0.261 e. The van der Waals surface area contributed by atoms with Crippen LogP contribution >= 0.6 is 46.4 Å². The van der Waals surface area contributed by atoms with E-state index in [2.05, 4.69) is 5.32 Å². The Labute approximate surface area is 208 Å². The van der Waals surface area contributed by atoms with Crippen LogP contribution in [0.2, 0.25) is 20.1 Å². The van der Waals surface area contributed by atoms with Crippen LogP contribution in [0.15, 0.2) is 36.4 Å². The molecule has 5 nitrogen and oxygen atoms in total. The number of hydrogen-bond donors (Lipinski definition) is 1. The Morgan fingerprint density at radius 1 is 1.00 bits per heavy atom. The Kier molecular flexibility index (Phi) is 10.4. The first-order valence-electron chi connectivity index (χ1n) is 10.2. The number of amides is 2. The molecule has 1 N–H and O–H groups in total. The highest BCUT2D eigenvalue weighted by Gasteiger charge is 2.29. The molecule has 0 spiro atoms. The molecule has 0 heterocycles. The first kappa shape index (κ1) is 26.6. The molecule has 174 valence electrons. The lowest BCUT2D eigenvalue weighted by Gasteiger charge is -2.31. The second-order valence-corrected chi connectivity index (χ2v) is 9.35. The van der Waals surface area contributed by atoms with Gasteiger partial charge in [0.05, 0.1) is 15.1 Å². The highest BCUT2D eigenvalue weighted by Crippen LogP contribution is 2.28. The highest BCUT2D eigenvalue weighted by molar-refractivity contribution is 6.42. The number of ether oxygens (including phenoxy) is 1. The van der Waals surface area contributed by atoms with Crippen molar-refractivity contribution in [3.05, 3.63) is 62.1 Å². The van der Waals surface area contributed by atoms with Gasteiger partial charge in [-0.25, -0.2) is 0 Å². The first-order valence-corrected chi connectivity index (χ1v) is 11.7. The maximum absolute atomic E-state index is 13.2. The lowest BCUT2D eigenvalue weighted by atomic mass is 10.1. The number of nitrogens with zero attached hydrogens (tertiary/aromatic N) is 1. The predicted octanol–water partition coefficient (Wildman–Crippen LogP) is 6.26. The molecule has 2 aromatic carbocycles. The quantitative estimate of drug-likeness (QED) is 0.403.